The van der Waals surface area contributed by atoms with Crippen LogP contribution in [-0.4, -0.2) is 57.1 Å². The summed E-state index contributed by atoms with van der Waals surface area (Å²) < 4.78 is 14.8. The smallest absolute Gasteiger partial charge is 0.336 e. The minimum absolute atomic E-state index is 0.0426. The van der Waals surface area contributed by atoms with E-state index in [-0.39, 0.29) is 17.1 Å². The summed E-state index contributed by atoms with van der Waals surface area (Å²) in [7, 11) is 2.29. The molecule has 186 valence electrons. The third-order valence-corrected chi connectivity index (χ3v) is 5.69. The van der Waals surface area contributed by atoms with Gasteiger partial charge in [0.25, 0.3) is 5.91 Å². The van der Waals surface area contributed by atoms with Gasteiger partial charge in [-0.25, -0.2) is 9.59 Å². The normalized spacial score (nSPS) is 16.1. The molecule has 1 aromatic rings. The fourth-order valence-electron chi connectivity index (χ4n) is 4.11. The number of carbonyl (C=O) groups is 5. The molecule has 0 spiro atoms. The number of allylic oxidation sites excluding steroid dienone is 2. The molecule has 1 aromatic carbocycles. The van der Waals surface area contributed by atoms with Gasteiger partial charge in [0.2, 0.25) is 5.91 Å². The number of methoxy groups -OCH3 is 2. The van der Waals surface area contributed by atoms with Crippen molar-refractivity contribution in [2.24, 2.45) is 5.92 Å². The van der Waals surface area contributed by atoms with E-state index in [9.17, 15) is 24.0 Å². The highest BCUT2D eigenvalue weighted by Crippen LogP contribution is 2.33. The summed E-state index contributed by atoms with van der Waals surface area (Å²) in [6.07, 6.45) is 1.15. The van der Waals surface area contributed by atoms with Crippen LogP contribution in [0.15, 0.2) is 46.8 Å². The van der Waals surface area contributed by atoms with E-state index in [4.69, 9.17) is 14.2 Å². The molecule has 2 amide bonds. The summed E-state index contributed by atoms with van der Waals surface area (Å²) in [6, 6.07) is 6.80. The van der Waals surface area contributed by atoms with Crippen LogP contribution in [0.5, 0.6) is 0 Å². The van der Waals surface area contributed by atoms with Crippen LogP contribution >= 0.6 is 0 Å². The molecule has 0 aliphatic carbocycles. The molecule has 1 fully saturated rings. The van der Waals surface area contributed by atoms with E-state index in [0.29, 0.717) is 35.7 Å². The maximum atomic E-state index is 13.1. The molecule has 11 nitrogen and oxygen atoms in total. The number of hydrogen-bond acceptors (Lipinski definition) is 9. The van der Waals surface area contributed by atoms with Gasteiger partial charge in [0.15, 0.2) is 6.61 Å². The predicted octanol–water partition coefficient (Wildman–Crippen LogP) is 1.41. The molecule has 2 heterocycles. The highest BCUT2D eigenvalue weighted by atomic mass is 16.5. The summed E-state index contributed by atoms with van der Waals surface area (Å²) >= 11 is 0. The topological polar surface area (TPSA) is 140 Å². The van der Waals surface area contributed by atoms with Crippen LogP contribution in [0.4, 0.5) is 11.4 Å². The average Bonchev–Trinajstić information content (AvgIpc) is 3.27. The Hall–Kier alpha value is -4.15. The van der Waals surface area contributed by atoms with Crippen molar-refractivity contribution in [1.29, 1.82) is 0 Å². The van der Waals surface area contributed by atoms with Gasteiger partial charge in [-0.2, -0.15) is 0 Å². The van der Waals surface area contributed by atoms with Crippen LogP contribution in [0.1, 0.15) is 26.7 Å². The Morgan fingerprint density at radius 1 is 1.03 bits per heavy atom. The molecule has 2 aliphatic heterocycles. The lowest BCUT2D eigenvalue weighted by Gasteiger charge is -2.28. The SMILES string of the molecule is COC(=O)C1=C(C)NC(C)=C(C(=O)OC)C1C(=O)OCC(=O)Nc1ccccc1N1CCCC1=O. The Morgan fingerprint density at radius 3 is 2.17 bits per heavy atom. The van der Waals surface area contributed by atoms with Crippen molar-refractivity contribution in [3.63, 3.8) is 0 Å². The van der Waals surface area contributed by atoms with E-state index in [2.05, 4.69) is 10.6 Å². The third-order valence-electron chi connectivity index (χ3n) is 5.69. The first-order valence-electron chi connectivity index (χ1n) is 10.9. The quantitative estimate of drug-likeness (QED) is 0.433. The number of amides is 2. The summed E-state index contributed by atoms with van der Waals surface area (Å²) in [5, 5.41) is 5.51. The van der Waals surface area contributed by atoms with Crippen molar-refractivity contribution >= 4 is 41.1 Å². The van der Waals surface area contributed by atoms with Crippen LogP contribution in [-0.2, 0) is 38.2 Å². The zero-order valence-corrected chi connectivity index (χ0v) is 19.9. The Balaban J connectivity index is 1.78. The number of ether oxygens (including phenoxy) is 3. The second-order valence-electron chi connectivity index (χ2n) is 7.94. The first-order chi connectivity index (χ1) is 16.7. The zero-order chi connectivity index (χ0) is 25.7. The van der Waals surface area contributed by atoms with Gasteiger partial charge in [0, 0.05) is 24.4 Å². The number of esters is 3. The van der Waals surface area contributed by atoms with Crippen LogP contribution in [0.2, 0.25) is 0 Å². The Labute approximate surface area is 202 Å². The van der Waals surface area contributed by atoms with E-state index < -0.39 is 36.3 Å². The molecule has 2 N–H and O–H groups in total. The maximum Gasteiger partial charge on any atom is 0.336 e. The van der Waals surface area contributed by atoms with Gasteiger partial charge >= 0.3 is 17.9 Å². The van der Waals surface area contributed by atoms with Crippen LogP contribution in [0, 0.1) is 5.92 Å². The second kappa shape index (κ2) is 10.9. The van der Waals surface area contributed by atoms with Gasteiger partial charge in [0.05, 0.1) is 36.7 Å². The van der Waals surface area contributed by atoms with E-state index in [0.717, 1.165) is 20.6 Å². The molecule has 2 aliphatic rings. The Morgan fingerprint density at radius 2 is 1.63 bits per heavy atom. The minimum atomic E-state index is -1.45. The average molecular weight is 485 g/mol. The molecular weight excluding hydrogens is 458 g/mol. The lowest BCUT2D eigenvalue weighted by molar-refractivity contribution is -0.152. The van der Waals surface area contributed by atoms with E-state index >= 15 is 0 Å². The van der Waals surface area contributed by atoms with E-state index in [1.807, 2.05) is 0 Å². The lowest BCUT2D eigenvalue weighted by atomic mass is 9.85. The highest BCUT2D eigenvalue weighted by molar-refractivity contribution is 6.06. The number of anilines is 2. The summed E-state index contributed by atoms with van der Waals surface area (Å²) in [4.78, 5) is 64.2. The van der Waals surface area contributed by atoms with Crippen molar-refractivity contribution in [3.05, 3.63) is 46.8 Å². The number of nitrogens with zero attached hydrogens (tertiary/aromatic N) is 1. The predicted molar refractivity (Wildman–Crippen MR) is 124 cm³/mol. The molecule has 11 heteroatoms. The third kappa shape index (κ3) is 5.34. The Bertz CT molecular complexity index is 1100. The summed E-state index contributed by atoms with van der Waals surface area (Å²) in [5.41, 5.74) is 1.30. The molecule has 0 unspecified atom stereocenters. The molecular formula is C24H27N3O8. The van der Waals surface area contributed by atoms with Crippen molar-refractivity contribution < 1.29 is 38.2 Å². The number of nitrogens with one attached hydrogen (secondary N) is 2. The van der Waals surface area contributed by atoms with Crippen LogP contribution in [0.3, 0.4) is 0 Å². The maximum absolute atomic E-state index is 13.1. The summed E-state index contributed by atoms with van der Waals surface area (Å²) in [5.74, 6) is -4.81. The van der Waals surface area contributed by atoms with Crippen LogP contribution in [0.25, 0.3) is 0 Å². The summed E-state index contributed by atoms with van der Waals surface area (Å²) in [6.45, 7) is 2.95. The standard InChI is InChI=1S/C24H27N3O8/c1-13-19(22(30)33-3)21(20(14(2)25-13)23(31)34-4)24(32)35-12-17(28)26-15-8-5-6-9-16(15)27-11-7-10-18(27)29/h5-6,8-9,21,25H,7,10-12H2,1-4H3,(H,26,28). The van der Waals surface area contributed by atoms with Gasteiger partial charge < -0.3 is 29.7 Å². The fraction of sp³-hybridized carbons (Fsp3) is 0.375. The van der Waals surface area contributed by atoms with Crippen molar-refractivity contribution in [2.75, 3.05) is 37.6 Å². The largest absolute Gasteiger partial charge is 0.466 e. The molecule has 0 atom stereocenters. The number of carbonyl (C=O) groups excluding carboxylic acids is 5. The number of benzene rings is 1. The first-order valence-corrected chi connectivity index (χ1v) is 10.9. The van der Waals surface area contributed by atoms with Crippen LogP contribution < -0.4 is 15.5 Å². The molecule has 0 aromatic heterocycles. The first kappa shape index (κ1) is 25.5. The molecule has 3 rings (SSSR count). The molecule has 35 heavy (non-hydrogen) atoms. The monoisotopic (exact) mass is 485 g/mol. The van der Waals surface area contributed by atoms with Gasteiger partial charge in [-0.1, -0.05) is 12.1 Å². The number of para-hydroxylation sites is 2. The van der Waals surface area contributed by atoms with E-state index in [1.165, 1.54) is 0 Å². The van der Waals surface area contributed by atoms with Gasteiger partial charge in [0.1, 0.15) is 5.92 Å². The molecule has 0 radical (unpaired) electrons. The van der Waals surface area contributed by atoms with E-state index in [1.54, 1.807) is 43.0 Å². The van der Waals surface area contributed by atoms with Crippen molar-refractivity contribution in [3.8, 4) is 0 Å². The molecule has 1 saturated heterocycles. The zero-order valence-electron chi connectivity index (χ0n) is 19.9. The van der Waals surface area contributed by atoms with Gasteiger partial charge in [-0.05, 0) is 32.4 Å². The van der Waals surface area contributed by atoms with Crippen molar-refractivity contribution in [2.45, 2.75) is 26.7 Å². The number of rotatable bonds is 7. The van der Waals surface area contributed by atoms with Gasteiger partial charge in [-0.3, -0.25) is 14.4 Å². The molecule has 0 bridgehead atoms. The minimum Gasteiger partial charge on any atom is -0.466 e. The number of dihydropyridines is 1. The fourth-order valence-corrected chi connectivity index (χ4v) is 4.11. The second-order valence-corrected chi connectivity index (χ2v) is 7.94. The van der Waals surface area contributed by atoms with Crippen molar-refractivity contribution in [1.82, 2.24) is 5.32 Å². The van der Waals surface area contributed by atoms with Gasteiger partial charge in [-0.15, -0.1) is 0 Å². The lowest BCUT2D eigenvalue weighted by Crippen LogP contribution is -2.38. The Kier molecular flexibility index (Phi) is 7.90. The highest BCUT2D eigenvalue weighted by Gasteiger charge is 2.42. The molecule has 0 saturated carbocycles. The number of hydrogen-bond donors (Lipinski definition) is 2.